The summed E-state index contributed by atoms with van der Waals surface area (Å²) in [6.07, 6.45) is 0. The van der Waals surface area contributed by atoms with Crippen molar-refractivity contribution in [3.05, 3.63) is 45.5 Å². The molecule has 0 amide bonds. The summed E-state index contributed by atoms with van der Waals surface area (Å²) in [5, 5.41) is 26.3. The van der Waals surface area contributed by atoms with Crippen molar-refractivity contribution < 1.29 is 15.1 Å². The van der Waals surface area contributed by atoms with Crippen molar-refractivity contribution in [2.45, 2.75) is 13.2 Å². The zero-order chi connectivity index (χ0) is 11.0. The van der Waals surface area contributed by atoms with Crippen LogP contribution in [-0.4, -0.2) is 22.2 Å². The number of hydrogen-bond acceptors (Lipinski definition) is 4. The number of rotatable bonds is 2. The van der Waals surface area contributed by atoms with Gasteiger partial charge in [-0.05, 0) is 11.1 Å². The Kier molecular flexibility index (Phi) is 6.26. The van der Waals surface area contributed by atoms with E-state index in [1.165, 1.54) is 0 Å². The Balaban J connectivity index is 0.000000364. The molecule has 2 N–H and O–H groups in total. The summed E-state index contributed by atoms with van der Waals surface area (Å²) < 4.78 is 0. The fourth-order valence-corrected chi connectivity index (χ4v) is 0.866. The molecule has 0 aliphatic heterocycles. The zero-order valence-electron chi connectivity index (χ0n) is 7.88. The molecule has 1 aromatic rings. The monoisotopic (exact) mass is 199 g/mol. The van der Waals surface area contributed by atoms with E-state index in [2.05, 4.69) is 0 Å². The lowest BCUT2D eigenvalue weighted by atomic mass is 10.1. The normalized spacial score (nSPS) is 8.79. The molecule has 0 saturated carbocycles. The van der Waals surface area contributed by atoms with Crippen LogP contribution >= 0.6 is 0 Å². The van der Waals surface area contributed by atoms with Crippen molar-refractivity contribution in [2.24, 2.45) is 0 Å². The minimum absolute atomic E-state index is 0.00324. The van der Waals surface area contributed by atoms with E-state index < -0.39 is 4.92 Å². The van der Waals surface area contributed by atoms with Gasteiger partial charge >= 0.3 is 0 Å². The standard InChI is InChI=1S/C8H10O2.CH3NO2/c9-5-7-3-1-2-4-8(7)6-10;1-2(3)4/h1-4,9-10H,5-6H2;1H3. The van der Waals surface area contributed by atoms with Gasteiger partial charge < -0.3 is 10.2 Å². The van der Waals surface area contributed by atoms with Crippen LogP contribution in [0, 0.1) is 10.1 Å². The second-order valence-electron chi connectivity index (χ2n) is 2.52. The third kappa shape index (κ3) is 5.23. The molecule has 0 fully saturated rings. The lowest BCUT2D eigenvalue weighted by molar-refractivity contribution is -0.445. The number of aliphatic hydroxyl groups excluding tert-OH is 2. The van der Waals surface area contributed by atoms with E-state index in [1.807, 2.05) is 12.1 Å². The maximum absolute atomic E-state index is 8.81. The molecule has 0 bridgehead atoms. The Morgan fingerprint density at radius 1 is 1.21 bits per heavy atom. The summed E-state index contributed by atoms with van der Waals surface area (Å²) in [5.74, 6) is 0. The molecule has 0 aliphatic rings. The third-order valence-electron chi connectivity index (χ3n) is 1.46. The van der Waals surface area contributed by atoms with Gasteiger partial charge in [-0.15, -0.1) is 0 Å². The highest BCUT2D eigenvalue weighted by Crippen LogP contribution is 2.07. The first-order chi connectivity index (χ1) is 6.61. The van der Waals surface area contributed by atoms with Gasteiger partial charge in [0.25, 0.3) is 0 Å². The highest BCUT2D eigenvalue weighted by molar-refractivity contribution is 5.25. The highest BCUT2D eigenvalue weighted by atomic mass is 16.6. The molecular formula is C9H13NO4. The maximum Gasteiger partial charge on any atom is 0.194 e. The van der Waals surface area contributed by atoms with Gasteiger partial charge in [0.1, 0.15) is 0 Å². The first-order valence-electron chi connectivity index (χ1n) is 3.98. The van der Waals surface area contributed by atoms with Gasteiger partial charge in [-0.25, -0.2) is 0 Å². The van der Waals surface area contributed by atoms with Crippen molar-refractivity contribution in [1.29, 1.82) is 0 Å². The van der Waals surface area contributed by atoms with Gasteiger partial charge in [0.2, 0.25) is 0 Å². The van der Waals surface area contributed by atoms with Crippen LogP contribution in [0.5, 0.6) is 0 Å². The van der Waals surface area contributed by atoms with Gasteiger partial charge in [-0.2, -0.15) is 0 Å². The fraction of sp³-hybridized carbons (Fsp3) is 0.333. The Labute approximate surface area is 81.8 Å². The van der Waals surface area contributed by atoms with E-state index in [0.29, 0.717) is 0 Å². The van der Waals surface area contributed by atoms with Gasteiger partial charge in [-0.1, -0.05) is 24.3 Å². The van der Waals surface area contributed by atoms with Crippen LogP contribution in [0.25, 0.3) is 0 Å². The molecule has 0 radical (unpaired) electrons. The number of aliphatic hydroxyl groups is 2. The SMILES string of the molecule is C[N+](=O)[O-].OCc1ccccc1CO. The molecular weight excluding hydrogens is 186 g/mol. The fourth-order valence-electron chi connectivity index (χ4n) is 0.866. The summed E-state index contributed by atoms with van der Waals surface area (Å²) in [5.41, 5.74) is 1.59. The van der Waals surface area contributed by atoms with Gasteiger partial charge in [0.15, 0.2) is 7.05 Å². The Hall–Kier alpha value is -1.46. The molecule has 0 atom stereocenters. The van der Waals surface area contributed by atoms with Crippen LogP contribution in [0.1, 0.15) is 11.1 Å². The largest absolute Gasteiger partial charge is 0.392 e. The van der Waals surface area contributed by atoms with Crippen molar-refractivity contribution in [1.82, 2.24) is 0 Å². The summed E-state index contributed by atoms with van der Waals surface area (Å²) in [4.78, 5) is 8.31. The predicted octanol–water partition coefficient (Wildman–Crippen LogP) is 0.564. The third-order valence-corrected chi connectivity index (χ3v) is 1.46. The lowest BCUT2D eigenvalue weighted by Gasteiger charge is -2.01. The lowest BCUT2D eigenvalue weighted by Crippen LogP contribution is -1.91. The second-order valence-corrected chi connectivity index (χ2v) is 2.52. The maximum atomic E-state index is 8.81. The quantitative estimate of drug-likeness (QED) is 0.538. The average Bonchev–Trinajstić information content (AvgIpc) is 2.17. The van der Waals surface area contributed by atoms with Gasteiger partial charge in [0.05, 0.1) is 13.2 Å². The zero-order valence-corrected chi connectivity index (χ0v) is 7.88. The van der Waals surface area contributed by atoms with Gasteiger partial charge in [-0.3, -0.25) is 10.1 Å². The minimum atomic E-state index is -0.500. The first-order valence-corrected chi connectivity index (χ1v) is 3.98. The van der Waals surface area contributed by atoms with Crippen molar-refractivity contribution >= 4 is 0 Å². The first kappa shape index (κ1) is 12.5. The molecule has 1 rings (SSSR count). The van der Waals surface area contributed by atoms with Crippen LogP contribution in [0.3, 0.4) is 0 Å². The number of nitrogens with zero attached hydrogens (tertiary/aromatic N) is 1. The number of benzene rings is 1. The smallest absolute Gasteiger partial charge is 0.194 e. The van der Waals surface area contributed by atoms with Crippen LogP contribution < -0.4 is 0 Å². The Morgan fingerprint density at radius 2 is 1.50 bits per heavy atom. The molecule has 0 aliphatic carbocycles. The minimum Gasteiger partial charge on any atom is -0.392 e. The van der Waals surface area contributed by atoms with Crippen LogP contribution in [-0.2, 0) is 13.2 Å². The molecule has 0 unspecified atom stereocenters. The van der Waals surface area contributed by atoms with Crippen LogP contribution in [0.15, 0.2) is 24.3 Å². The summed E-state index contributed by atoms with van der Waals surface area (Å²) in [6.45, 7) is -0.00648. The van der Waals surface area contributed by atoms with E-state index in [4.69, 9.17) is 20.3 Å². The van der Waals surface area contributed by atoms with E-state index in [1.54, 1.807) is 12.1 Å². The second kappa shape index (κ2) is 6.99. The summed E-state index contributed by atoms with van der Waals surface area (Å²) in [6, 6.07) is 7.27. The topological polar surface area (TPSA) is 83.6 Å². The van der Waals surface area contributed by atoms with E-state index in [-0.39, 0.29) is 13.2 Å². The van der Waals surface area contributed by atoms with Crippen molar-refractivity contribution in [3.8, 4) is 0 Å². The predicted molar refractivity (Wildman–Crippen MR) is 51.2 cm³/mol. The Morgan fingerprint density at radius 3 is 1.71 bits per heavy atom. The van der Waals surface area contributed by atoms with E-state index in [9.17, 15) is 0 Å². The van der Waals surface area contributed by atoms with Gasteiger partial charge in [0, 0.05) is 4.92 Å². The van der Waals surface area contributed by atoms with Crippen molar-refractivity contribution in [3.63, 3.8) is 0 Å². The molecule has 0 saturated heterocycles. The van der Waals surface area contributed by atoms with E-state index in [0.717, 1.165) is 18.2 Å². The number of hydrogen-bond donors (Lipinski definition) is 2. The van der Waals surface area contributed by atoms with Crippen LogP contribution in [0.4, 0.5) is 0 Å². The summed E-state index contributed by atoms with van der Waals surface area (Å²) in [7, 11) is 0.889. The van der Waals surface area contributed by atoms with Crippen LogP contribution in [0.2, 0.25) is 0 Å². The molecule has 0 aromatic heterocycles. The Bertz CT molecular complexity index is 261. The summed E-state index contributed by atoms with van der Waals surface area (Å²) >= 11 is 0. The van der Waals surface area contributed by atoms with Crippen molar-refractivity contribution in [2.75, 3.05) is 7.05 Å². The highest BCUT2D eigenvalue weighted by Gasteiger charge is 1.95. The average molecular weight is 199 g/mol. The molecule has 5 nitrogen and oxygen atoms in total. The molecule has 1 aromatic carbocycles. The number of nitro groups is 1. The molecule has 5 heteroatoms. The molecule has 0 heterocycles. The van der Waals surface area contributed by atoms with E-state index >= 15 is 0 Å². The molecule has 0 spiro atoms. The molecule has 14 heavy (non-hydrogen) atoms. The molecule has 78 valence electrons.